The molecule has 29 heavy (non-hydrogen) atoms. The predicted octanol–water partition coefficient (Wildman–Crippen LogP) is 0.989. The molecule has 8 heteroatoms. The third kappa shape index (κ3) is 5.30. The maximum absolute atomic E-state index is 13.8. The van der Waals surface area contributed by atoms with Crippen LogP contribution in [0.3, 0.4) is 0 Å². The lowest BCUT2D eigenvalue weighted by molar-refractivity contribution is -0.242. The summed E-state index contributed by atoms with van der Waals surface area (Å²) >= 11 is 0. The van der Waals surface area contributed by atoms with Gasteiger partial charge in [-0.25, -0.2) is 4.39 Å². The van der Waals surface area contributed by atoms with Crippen molar-refractivity contribution < 1.29 is 34.0 Å². The number of benzene rings is 2. The summed E-state index contributed by atoms with van der Waals surface area (Å²) in [6.45, 7) is 1.69. The molecule has 3 rings (SSSR count). The molecule has 0 spiro atoms. The number of carbonyl (C=O) groups excluding carboxylic acids is 1. The quantitative estimate of drug-likeness (QED) is 0.571. The summed E-state index contributed by atoms with van der Waals surface area (Å²) in [5, 5.41) is 32.2. The van der Waals surface area contributed by atoms with Crippen LogP contribution in [0.2, 0.25) is 0 Å². The Labute approximate surface area is 167 Å². The largest absolute Gasteiger partial charge is 0.462 e. The van der Waals surface area contributed by atoms with E-state index in [-0.39, 0.29) is 18.3 Å². The smallest absolute Gasteiger partial charge is 0.228 e. The third-order valence-corrected chi connectivity index (χ3v) is 4.69. The van der Waals surface area contributed by atoms with Crippen LogP contribution in [0.25, 0.3) is 11.1 Å². The van der Waals surface area contributed by atoms with Gasteiger partial charge in [-0.05, 0) is 47.4 Å². The monoisotopic (exact) mass is 405 g/mol. The number of rotatable bonds is 6. The van der Waals surface area contributed by atoms with Crippen LogP contribution in [0.1, 0.15) is 12.5 Å². The standard InChI is InChI=1S/C21H24FNO6/c1-12(24)23-8-7-13-5-6-16(10-17(13)14-3-2-4-15(22)9-14)29-21-20(27)19(26)18(25)11-28-21/h2-6,9-10,18-21,25-27H,7-8,11H2,1H3,(H,23,24)/t18-,19-,20+,21+/m0/s1. The predicted molar refractivity (Wildman–Crippen MR) is 103 cm³/mol. The number of carbonyl (C=O) groups is 1. The number of hydrogen-bond donors (Lipinski definition) is 4. The van der Waals surface area contributed by atoms with Gasteiger partial charge in [0.25, 0.3) is 0 Å². The van der Waals surface area contributed by atoms with E-state index in [0.717, 1.165) is 5.56 Å². The number of nitrogens with one attached hydrogen (secondary N) is 1. The van der Waals surface area contributed by atoms with E-state index in [1.165, 1.54) is 19.1 Å². The molecule has 7 nitrogen and oxygen atoms in total. The lowest BCUT2D eigenvalue weighted by Gasteiger charge is -2.35. The first kappa shape index (κ1) is 21.2. The Morgan fingerprint density at radius 1 is 1.21 bits per heavy atom. The van der Waals surface area contributed by atoms with Crippen LogP contribution in [-0.2, 0) is 16.0 Å². The third-order valence-electron chi connectivity index (χ3n) is 4.69. The van der Waals surface area contributed by atoms with E-state index in [1.807, 2.05) is 0 Å². The number of hydrogen-bond acceptors (Lipinski definition) is 6. The first-order valence-electron chi connectivity index (χ1n) is 9.31. The van der Waals surface area contributed by atoms with E-state index in [0.29, 0.717) is 29.8 Å². The van der Waals surface area contributed by atoms with Gasteiger partial charge in [0.1, 0.15) is 29.9 Å². The maximum Gasteiger partial charge on any atom is 0.228 e. The van der Waals surface area contributed by atoms with Gasteiger partial charge < -0.3 is 30.1 Å². The average molecular weight is 405 g/mol. The molecule has 0 aliphatic carbocycles. The molecular weight excluding hydrogens is 381 g/mol. The lowest BCUT2D eigenvalue weighted by Crippen LogP contribution is -2.54. The van der Waals surface area contributed by atoms with E-state index >= 15 is 0 Å². The van der Waals surface area contributed by atoms with Crippen molar-refractivity contribution in [1.82, 2.24) is 5.32 Å². The van der Waals surface area contributed by atoms with Crippen LogP contribution in [-0.4, -0.2) is 59.0 Å². The summed E-state index contributed by atoms with van der Waals surface area (Å²) in [4.78, 5) is 11.1. The fraction of sp³-hybridized carbons (Fsp3) is 0.381. The minimum Gasteiger partial charge on any atom is -0.462 e. The second-order valence-electron chi connectivity index (χ2n) is 6.93. The molecule has 0 bridgehead atoms. The topological polar surface area (TPSA) is 108 Å². The molecule has 1 aliphatic heterocycles. The molecule has 2 aromatic rings. The lowest BCUT2D eigenvalue weighted by atomic mass is 9.97. The highest BCUT2D eigenvalue weighted by molar-refractivity contribution is 5.73. The molecule has 0 saturated carbocycles. The molecule has 4 atom stereocenters. The van der Waals surface area contributed by atoms with Crippen molar-refractivity contribution in [3.05, 3.63) is 53.8 Å². The minimum absolute atomic E-state index is 0.138. The summed E-state index contributed by atoms with van der Waals surface area (Å²) in [5.41, 5.74) is 2.21. The van der Waals surface area contributed by atoms with Gasteiger partial charge in [0.15, 0.2) is 0 Å². The van der Waals surface area contributed by atoms with Gasteiger partial charge in [0.2, 0.25) is 12.2 Å². The molecule has 1 amide bonds. The van der Waals surface area contributed by atoms with E-state index in [2.05, 4.69) is 5.32 Å². The molecular formula is C21H24FNO6. The Morgan fingerprint density at radius 2 is 2.00 bits per heavy atom. The number of aliphatic hydroxyl groups is 3. The fourth-order valence-electron chi connectivity index (χ4n) is 3.16. The SMILES string of the molecule is CC(=O)NCCc1ccc(O[C@H]2OC[C@H](O)[C@H](O)[C@H]2O)cc1-c1cccc(F)c1. The zero-order valence-electron chi connectivity index (χ0n) is 15.9. The Hall–Kier alpha value is -2.52. The Bertz CT molecular complexity index is 861. The van der Waals surface area contributed by atoms with Crippen LogP contribution in [0, 0.1) is 5.82 Å². The second kappa shape index (κ2) is 9.32. The van der Waals surface area contributed by atoms with Crippen LogP contribution in [0.5, 0.6) is 5.75 Å². The van der Waals surface area contributed by atoms with Gasteiger partial charge in [-0.2, -0.15) is 0 Å². The van der Waals surface area contributed by atoms with E-state index in [1.54, 1.807) is 30.3 Å². The van der Waals surface area contributed by atoms with E-state index < -0.39 is 24.6 Å². The molecule has 0 aromatic heterocycles. The fourth-order valence-corrected chi connectivity index (χ4v) is 3.16. The molecule has 1 aliphatic rings. The number of ether oxygens (including phenoxy) is 2. The maximum atomic E-state index is 13.8. The molecule has 1 fully saturated rings. The van der Waals surface area contributed by atoms with Crippen molar-refractivity contribution in [3.8, 4) is 16.9 Å². The van der Waals surface area contributed by atoms with Gasteiger partial charge in [0, 0.05) is 13.5 Å². The first-order valence-corrected chi connectivity index (χ1v) is 9.31. The number of halogens is 1. The molecule has 1 heterocycles. The van der Waals surface area contributed by atoms with Gasteiger partial charge in [-0.3, -0.25) is 4.79 Å². The number of aliphatic hydroxyl groups excluding tert-OH is 3. The first-order chi connectivity index (χ1) is 13.8. The highest BCUT2D eigenvalue weighted by Crippen LogP contribution is 2.30. The van der Waals surface area contributed by atoms with Crippen molar-refractivity contribution in [2.45, 2.75) is 37.9 Å². The van der Waals surface area contributed by atoms with Crippen LogP contribution < -0.4 is 10.1 Å². The summed E-state index contributed by atoms with van der Waals surface area (Å²) in [6.07, 6.45) is -4.62. The highest BCUT2D eigenvalue weighted by atomic mass is 19.1. The molecule has 0 radical (unpaired) electrons. The van der Waals surface area contributed by atoms with Crippen molar-refractivity contribution in [2.24, 2.45) is 0 Å². The van der Waals surface area contributed by atoms with Crippen molar-refractivity contribution in [1.29, 1.82) is 0 Å². The van der Waals surface area contributed by atoms with Crippen molar-refractivity contribution >= 4 is 5.91 Å². The van der Waals surface area contributed by atoms with Gasteiger partial charge >= 0.3 is 0 Å². The normalized spacial score (nSPS) is 24.2. The Balaban J connectivity index is 1.85. The zero-order chi connectivity index (χ0) is 21.0. The molecule has 1 saturated heterocycles. The summed E-state index contributed by atoms with van der Waals surface area (Å²) in [6, 6.07) is 11.2. The van der Waals surface area contributed by atoms with Crippen molar-refractivity contribution in [3.63, 3.8) is 0 Å². The van der Waals surface area contributed by atoms with Crippen LogP contribution in [0.4, 0.5) is 4.39 Å². The zero-order valence-corrected chi connectivity index (χ0v) is 15.9. The van der Waals surface area contributed by atoms with E-state index in [9.17, 15) is 24.5 Å². The summed E-state index contributed by atoms with van der Waals surface area (Å²) < 4.78 is 24.7. The minimum atomic E-state index is -1.42. The van der Waals surface area contributed by atoms with Crippen molar-refractivity contribution in [2.75, 3.05) is 13.2 Å². The summed E-state index contributed by atoms with van der Waals surface area (Å²) in [7, 11) is 0. The van der Waals surface area contributed by atoms with Gasteiger partial charge in [0.05, 0.1) is 6.61 Å². The molecule has 4 N–H and O–H groups in total. The molecule has 156 valence electrons. The summed E-state index contributed by atoms with van der Waals surface area (Å²) in [5.74, 6) is -0.175. The highest BCUT2D eigenvalue weighted by Gasteiger charge is 2.39. The second-order valence-corrected chi connectivity index (χ2v) is 6.93. The molecule has 0 unspecified atom stereocenters. The average Bonchev–Trinajstić information content (AvgIpc) is 2.69. The van der Waals surface area contributed by atoms with Crippen LogP contribution >= 0.6 is 0 Å². The van der Waals surface area contributed by atoms with E-state index in [4.69, 9.17) is 9.47 Å². The Kier molecular flexibility index (Phi) is 6.81. The van der Waals surface area contributed by atoms with Crippen LogP contribution in [0.15, 0.2) is 42.5 Å². The molecule has 2 aromatic carbocycles. The number of amides is 1. The van der Waals surface area contributed by atoms with Gasteiger partial charge in [-0.1, -0.05) is 18.2 Å². The Morgan fingerprint density at radius 3 is 2.72 bits per heavy atom. The van der Waals surface area contributed by atoms with Gasteiger partial charge in [-0.15, -0.1) is 0 Å².